The number of halogens is 4. The number of allylic oxidation sites excluding steroid dienone is 3. The van der Waals surface area contributed by atoms with Crippen LogP contribution in [0.15, 0.2) is 58.8 Å². The number of nitrogens with zero attached hydrogens (tertiary/aromatic N) is 4. The Morgan fingerprint density at radius 1 is 1.18 bits per heavy atom. The summed E-state index contributed by atoms with van der Waals surface area (Å²) < 4.78 is 51.8. The van der Waals surface area contributed by atoms with Crippen molar-refractivity contribution in [2.75, 3.05) is 31.5 Å². The van der Waals surface area contributed by atoms with Crippen molar-refractivity contribution in [2.45, 2.75) is 40.3 Å². The number of amides is 1. The first-order valence-electron chi connectivity index (χ1n) is 10.6. The minimum absolute atomic E-state index is 0.288. The normalized spacial score (nSPS) is 15.4. The summed E-state index contributed by atoms with van der Waals surface area (Å²) in [7, 11) is 0. The summed E-state index contributed by atoms with van der Waals surface area (Å²) >= 11 is 0. The molecule has 0 aliphatic carbocycles. The summed E-state index contributed by atoms with van der Waals surface area (Å²) in [5.74, 6) is -1.14. The molecule has 0 radical (unpaired) electrons. The van der Waals surface area contributed by atoms with E-state index in [9.17, 15) is 22.4 Å². The fourth-order valence-corrected chi connectivity index (χ4v) is 3.06. The largest absolute Gasteiger partial charge is 0.433 e. The predicted molar refractivity (Wildman–Crippen MR) is 121 cm³/mol. The van der Waals surface area contributed by atoms with Crippen molar-refractivity contribution in [3.05, 3.63) is 59.5 Å². The quantitative estimate of drug-likeness (QED) is 0.272. The monoisotopic (exact) mass is 467 g/mol. The Kier molecular flexibility index (Phi) is 8.78. The lowest BCUT2D eigenvalue weighted by atomic mass is 10.2. The number of anilines is 1. The Bertz CT molecular complexity index is 952. The SMILES string of the molecule is C=C(F)C(=O)N1CCN(C(=N/C(C)=C(C)C)/C(=C/CC)Nc2ccc(C(F)(F)F)nc2)CC1. The van der Waals surface area contributed by atoms with Gasteiger partial charge < -0.3 is 15.1 Å². The molecule has 1 fully saturated rings. The molecule has 0 aromatic carbocycles. The van der Waals surface area contributed by atoms with Crippen LogP contribution in [0.4, 0.5) is 23.2 Å². The maximum Gasteiger partial charge on any atom is 0.433 e. The van der Waals surface area contributed by atoms with Gasteiger partial charge in [0.15, 0.2) is 11.7 Å². The highest BCUT2D eigenvalue weighted by Crippen LogP contribution is 2.28. The number of amidine groups is 1. The van der Waals surface area contributed by atoms with Crippen molar-refractivity contribution in [1.82, 2.24) is 14.8 Å². The van der Waals surface area contributed by atoms with E-state index in [1.807, 2.05) is 38.7 Å². The van der Waals surface area contributed by atoms with Crippen LogP contribution < -0.4 is 5.32 Å². The first-order chi connectivity index (χ1) is 15.4. The second kappa shape index (κ2) is 11.1. The van der Waals surface area contributed by atoms with Gasteiger partial charge in [-0.15, -0.1) is 0 Å². The zero-order chi connectivity index (χ0) is 24.8. The molecule has 1 N–H and O–H groups in total. The number of aliphatic imine (C=N–C) groups is 1. The molecule has 33 heavy (non-hydrogen) atoms. The van der Waals surface area contributed by atoms with Gasteiger partial charge in [-0.1, -0.05) is 25.2 Å². The molecule has 0 bridgehead atoms. The molecule has 1 aromatic rings. The van der Waals surface area contributed by atoms with Crippen LogP contribution >= 0.6 is 0 Å². The van der Waals surface area contributed by atoms with E-state index >= 15 is 0 Å². The van der Waals surface area contributed by atoms with Gasteiger partial charge in [-0.2, -0.15) is 13.2 Å². The van der Waals surface area contributed by atoms with Crippen LogP contribution in [-0.2, 0) is 11.0 Å². The zero-order valence-electron chi connectivity index (χ0n) is 19.3. The molecule has 180 valence electrons. The third kappa shape index (κ3) is 7.16. The molecule has 1 aliphatic rings. The molecule has 0 unspecified atom stereocenters. The van der Waals surface area contributed by atoms with Crippen LogP contribution in [0.5, 0.6) is 0 Å². The molecule has 2 rings (SSSR count). The Morgan fingerprint density at radius 2 is 1.79 bits per heavy atom. The second-order valence-electron chi connectivity index (χ2n) is 7.79. The summed E-state index contributed by atoms with van der Waals surface area (Å²) in [4.78, 5) is 23.5. The van der Waals surface area contributed by atoms with E-state index in [2.05, 4.69) is 16.9 Å². The molecule has 1 amide bonds. The highest BCUT2D eigenvalue weighted by atomic mass is 19.4. The third-order valence-corrected chi connectivity index (χ3v) is 5.08. The van der Waals surface area contributed by atoms with Gasteiger partial charge in [-0.3, -0.25) is 4.79 Å². The van der Waals surface area contributed by atoms with Crippen molar-refractivity contribution in [2.24, 2.45) is 4.99 Å². The average molecular weight is 468 g/mol. The van der Waals surface area contributed by atoms with Gasteiger partial charge in [-0.05, 0) is 39.3 Å². The smallest absolute Gasteiger partial charge is 0.352 e. The number of hydrogen-bond donors (Lipinski definition) is 1. The van der Waals surface area contributed by atoms with Crippen LogP contribution in [0.3, 0.4) is 0 Å². The van der Waals surface area contributed by atoms with Gasteiger partial charge >= 0.3 is 6.18 Å². The minimum Gasteiger partial charge on any atom is -0.352 e. The van der Waals surface area contributed by atoms with Gasteiger partial charge in [0.2, 0.25) is 0 Å². The van der Waals surface area contributed by atoms with E-state index in [1.165, 1.54) is 11.0 Å². The fraction of sp³-hybridized carbons (Fsp3) is 0.435. The van der Waals surface area contributed by atoms with Gasteiger partial charge in [0.05, 0.1) is 17.6 Å². The van der Waals surface area contributed by atoms with Crippen molar-refractivity contribution >= 4 is 17.4 Å². The highest BCUT2D eigenvalue weighted by molar-refractivity contribution is 6.01. The van der Waals surface area contributed by atoms with E-state index in [-0.39, 0.29) is 13.1 Å². The number of piperazine rings is 1. The molecule has 0 atom stereocenters. The number of alkyl halides is 3. The van der Waals surface area contributed by atoms with Crippen LogP contribution in [-0.4, -0.2) is 52.7 Å². The molecule has 0 saturated carbocycles. The van der Waals surface area contributed by atoms with Crippen LogP contribution in [0, 0.1) is 0 Å². The predicted octanol–water partition coefficient (Wildman–Crippen LogP) is 5.15. The number of pyridine rings is 1. The second-order valence-corrected chi connectivity index (χ2v) is 7.79. The van der Waals surface area contributed by atoms with Gasteiger partial charge in [0.1, 0.15) is 5.69 Å². The van der Waals surface area contributed by atoms with Crippen LogP contribution in [0.1, 0.15) is 39.8 Å². The standard InChI is InChI=1S/C23H29F4N5O/c1-6-7-19(30-18-8-9-20(28-14-18)23(25,26)27)21(29-17(5)15(2)3)31-10-12-32(13-11-31)22(33)16(4)24/h7-9,14,30H,4,6,10-13H2,1-3,5H3/b19-7-,29-21+. The number of hydrogen-bond acceptors (Lipinski definition) is 4. The maximum absolute atomic E-state index is 13.2. The lowest BCUT2D eigenvalue weighted by Gasteiger charge is -2.37. The van der Waals surface area contributed by atoms with Crippen molar-refractivity contribution in [3.8, 4) is 0 Å². The Morgan fingerprint density at radius 3 is 2.24 bits per heavy atom. The van der Waals surface area contributed by atoms with E-state index in [1.54, 1.807) is 0 Å². The van der Waals surface area contributed by atoms with E-state index in [4.69, 9.17) is 4.99 Å². The average Bonchev–Trinajstić information content (AvgIpc) is 2.76. The van der Waals surface area contributed by atoms with E-state index < -0.39 is 23.6 Å². The van der Waals surface area contributed by atoms with Gasteiger partial charge in [0.25, 0.3) is 5.91 Å². The number of nitrogens with one attached hydrogen (secondary N) is 1. The molecular weight excluding hydrogens is 438 g/mol. The molecule has 10 heteroatoms. The molecule has 2 heterocycles. The molecule has 1 saturated heterocycles. The number of rotatable bonds is 6. The molecule has 1 aliphatic heterocycles. The van der Waals surface area contributed by atoms with E-state index in [0.717, 1.165) is 23.5 Å². The summed E-state index contributed by atoms with van der Waals surface area (Å²) in [5.41, 5.74) is 1.80. The highest BCUT2D eigenvalue weighted by Gasteiger charge is 2.32. The number of aromatic nitrogens is 1. The molecular formula is C23H29F4N5O. The zero-order valence-corrected chi connectivity index (χ0v) is 19.3. The Hall–Kier alpha value is -3.17. The third-order valence-electron chi connectivity index (χ3n) is 5.08. The minimum atomic E-state index is -4.52. The molecule has 6 nitrogen and oxygen atoms in total. The van der Waals surface area contributed by atoms with Crippen LogP contribution in [0.25, 0.3) is 0 Å². The van der Waals surface area contributed by atoms with Crippen LogP contribution in [0.2, 0.25) is 0 Å². The van der Waals surface area contributed by atoms with Crippen molar-refractivity contribution < 1.29 is 22.4 Å². The summed E-state index contributed by atoms with van der Waals surface area (Å²) in [5, 5.41) is 3.13. The summed E-state index contributed by atoms with van der Waals surface area (Å²) in [6.07, 6.45) is -0.865. The lowest BCUT2D eigenvalue weighted by molar-refractivity contribution is -0.141. The first kappa shape index (κ1) is 26.1. The lowest BCUT2D eigenvalue weighted by Crippen LogP contribution is -2.51. The van der Waals surface area contributed by atoms with Gasteiger partial charge in [0, 0.05) is 31.9 Å². The fourth-order valence-electron chi connectivity index (χ4n) is 3.06. The summed E-state index contributed by atoms with van der Waals surface area (Å²) in [6.45, 7) is 12.1. The molecule has 1 aromatic heterocycles. The number of carbonyl (C=O) groups excluding carboxylic acids is 1. The Balaban J connectivity index is 2.34. The maximum atomic E-state index is 13.2. The van der Waals surface area contributed by atoms with Crippen molar-refractivity contribution in [1.29, 1.82) is 0 Å². The van der Waals surface area contributed by atoms with Crippen molar-refractivity contribution in [3.63, 3.8) is 0 Å². The topological polar surface area (TPSA) is 60.8 Å². The summed E-state index contributed by atoms with van der Waals surface area (Å²) in [6, 6.07) is 2.23. The Labute approximate surface area is 191 Å². The van der Waals surface area contributed by atoms with E-state index in [0.29, 0.717) is 36.7 Å². The van der Waals surface area contributed by atoms with Gasteiger partial charge in [-0.25, -0.2) is 14.4 Å². The molecule has 0 spiro atoms. The number of carbonyl (C=O) groups is 1. The first-order valence-corrected chi connectivity index (χ1v) is 10.6.